The monoisotopic (exact) mass is 264 g/mol. The van der Waals surface area contributed by atoms with Gasteiger partial charge in [-0.25, -0.2) is 0 Å². The van der Waals surface area contributed by atoms with E-state index in [2.05, 4.69) is 0 Å². The summed E-state index contributed by atoms with van der Waals surface area (Å²) in [4.78, 5) is 10.7. The van der Waals surface area contributed by atoms with Crippen LogP contribution in [0.4, 0.5) is 0 Å². The van der Waals surface area contributed by atoms with Gasteiger partial charge in [0.25, 0.3) is 0 Å². The minimum atomic E-state index is 0.531. The van der Waals surface area contributed by atoms with Crippen LogP contribution in [0.5, 0.6) is 0 Å². The average Bonchev–Trinajstić information content (AvgIpc) is 2.32. The first-order valence-corrected chi connectivity index (χ1v) is 5.88. The number of aldehydes is 1. The fourth-order valence-corrected chi connectivity index (χ4v) is 2.05. The quantitative estimate of drug-likeness (QED) is 0.714. The molecule has 0 aliphatic rings. The van der Waals surface area contributed by atoms with Crippen molar-refractivity contribution in [2.24, 2.45) is 0 Å². The molecule has 0 fully saturated rings. The number of rotatable bonds is 2. The molecule has 0 unspecified atom stereocenters. The van der Waals surface area contributed by atoms with E-state index in [-0.39, 0.29) is 0 Å². The highest BCUT2D eigenvalue weighted by atomic mass is 35.5. The maximum absolute atomic E-state index is 10.7. The summed E-state index contributed by atoms with van der Waals surface area (Å²) >= 11 is 11.9. The Hall–Kier alpha value is -1.31. The lowest BCUT2D eigenvalue weighted by Gasteiger charge is -2.07. The molecule has 86 valence electrons. The fraction of sp³-hybridized carbons (Fsp3) is 0.0714. The van der Waals surface area contributed by atoms with Crippen molar-refractivity contribution in [3.63, 3.8) is 0 Å². The van der Waals surface area contributed by atoms with E-state index < -0.39 is 0 Å². The van der Waals surface area contributed by atoms with E-state index in [9.17, 15) is 4.79 Å². The van der Waals surface area contributed by atoms with Crippen LogP contribution in [0.3, 0.4) is 0 Å². The second kappa shape index (κ2) is 4.91. The molecule has 0 heterocycles. The summed E-state index contributed by atoms with van der Waals surface area (Å²) in [5.41, 5.74) is 3.75. The van der Waals surface area contributed by atoms with Crippen molar-refractivity contribution < 1.29 is 4.79 Å². The Bertz CT molecular complexity index is 576. The van der Waals surface area contributed by atoms with Crippen LogP contribution in [0.15, 0.2) is 36.4 Å². The maximum atomic E-state index is 10.7. The highest BCUT2D eigenvalue weighted by Gasteiger charge is 2.05. The van der Waals surface area contributed by atoms with Crippen LogP contribution in [0.2, 0.25) is 10.0 Å². The van der Waals surface area contributed by atoms with Gasteiger partial charge in [-0.15, -0.1) is 0 Å². The third-order valence-electron chi connectivity index (χ3n) is 2.62. The summed E-state index contributed by atoms with van der Waals surface area (Å²) in [6.07, 6.45) is 0.839. The van der Waals surface area contributed by atoms with E-state index in [1.807, 2.05) is 31.2 Å². The van der Waals surface area contributed by atoms with Gasteiger partial charge < -0.3 is 0 Å². The zero-order valence-electron chi connectivity index (χ0n) is 9.21. The first-order valence-electron chi connectivity index (χ1n) is 5.13. The number of carbonyl (C=O) groups is 1. The molecular weight excluding hydrogens is 255 g/mol. The van der Waals surface area contributed by atoms with Crippen molar-refractivity contribution in [2.45, 2.75) is 6.92 Å². The van der Waals surface area contributed by atoms with Gasteiger partial charge in [0.05, 0.1) is 10.0 Å². The van der Waals surface area contributed by atoms with Crippen LogP contribution >= 0.6 is 23.2 Å². The molecule has 0 amide bonds. The second-order valence-electron chi connectivity index (χ2n) is 3.82. The Morgan fingerprint density at radius 3 is 2.35 bits per heavy atom. The van der Waals surface area contributed by atoms with Gasteiger partial charge in [0.1, 0.15) is 6.29 Å². The predicted octanol–water partition coefficient (Wildman–Crippen LogP) is 4.78. The van der Waals surface area contributed by atoms with Crippen LogP contribution in [0, 0.1) is 6.92 Å². The summed E-state index contributed by atoms with van der Waals surface area (Å²) in [7, 11) is 0. The SMILES string of the molecule is Cc1cc(C=O)ccc1-c1ccc(Cl)c(Cl)c1. The van der Waals surface area contributed by atoms with Gasteiger partial charge >= 0.3 is 0 Å². The minimum Gasteiger partial charge on any atom is -0.298 e. The van der Waals surface area contributed by atoms with Gasteiger partial charge in [0, 0.05) is 5.56 Å². The molecule has 2 rings (SSSR count). The molecule has 3 heteroatoms. The predicted molar refractivity (Wildman–Crippen MR) is 72.0 cm³/mol. The molecule has 0 saturated carbocycles. The van der Waals surface area contributed by atoms with Gasteiger partial charge in [0.2, 0.25) is 0 Å². The zero-order valence-corrected chi connectivity index (χ0v) is 10.7. The van der Waals surface area contributed by atoms with E-state index in [1.165, 1.54) is 0 Å². The van der Waals surface area contributed by atoms with Crippen LogP contribution < -0.4 is 0 Å². The lowest BCUT2D eigenvalue weighted by atomic mass is 9.99. The van der Waals surface area contributed by atoms with E-state index in [0.717, 1.165) is 23.0 Å². The van der Waals surface area contributed by atoms with Crippen molar-refractivity contribution in [1.29, 1.82) is 0 Å². The Morgan fingerprint density at radius 1 is 1.00 bits per heavy atom. The van der Waals surface area contributed by atoms with Gasteiger partial charge in [0.15, 0.2) is 0 Å². The Kier molecular flexibility index (Phi) is 3.51. The number of halogens is 2. The maximum Gasteiger partial charge on any atom is 0.150 e. The average molecular weight is 265 g/mol. The standard InChI is InChI=1S/C14H10Cl2O/c1-9-6-10(8-17)2-4-12(9)11-3-5-13(15)14(16)7-11/h2-8H,1H3. The number of hydrogen-bond acceptors (Lipinski definition) is 1. The first-order chi connectivity index (χ1) is 8.11. The highest BCUT2D eigenvalue weighted by Crippen LogP contribution is 2.30. The van der Waals surface area contributed by atoms with Crippen LogP contribution in [-0.4, -0.2) is 6.29 Å². The largest absolute Gasteiger partial charge is 0.298 e. The van der Waals surface area contributed by atoms with Gasteiger partial charge in [-0.1, -0.05) is 41.4 Å². The summed E-state index contributed by atoms with van der Waals surface area (Å²) in [5.74, 6) is 0. The van der Waals surface area contributed by atoms with Crippen molar-refractivity contribution in [2.75, 3.05) is 0 Å². The Balaban J connectivity index is 2.52. The number of carbonyl (C=O) groups excluding carboxylic acids is 1. The summed E-state index contributed by atoms with van der Waals surface area (Å²) in [6.45, 7) is 1.96. The third-order valence-corrected chi connectivity index (χ3v) is 3.36. The minimum absolute atomic E-state index is 0.531. The third kappa shape index (κ3) is 2.51. The van der Waals surface area contributed by atoms with Gasteiger partial charge in [-0.05, 0) is 41.8 Å². The highest BCUT2D eigenvalue weighted by molar-refractivity contribution is 6.42. The molecule has 0 aliphatic carbocycles. The van der Waals surface area contributed by atoms with E-state index in [1.54, 1.807) is 12.1 Å². The van der Waals surface area contributed by atoms with Crippen LogP contribution in [0.25, 0.3) is 11.1 Å². The summed E-state index contributed by atoms with van der Waals surface area (Å²) < 4.78 is 0. The molecule has 0 radical (unpaired) electrons. The smallest absolute Gasteiger partial charge is 0.150 e. The fourth-order valence-electron chi connectivity index (χ4n) is 1.75. The lowest BCUT2D eigenvalue weighted by Crippen LogP contribution is -1.87. The molecule has 1 nitrogen and oxygen atoms in total. The van der Waals surface area contributed by atoms with E-state index in [0.29, 0.717) is 15.6 Å². The first kappa shape index (κ1) is 12.2. The molecular formula is C14H10Cl2O. The van der Waals surface area contributed by atoms with E-state index in [4.69, 9.17) is 23.2 Å². The molecule has 0 spiro atoms. The Labute approximate surface area is 110 Å². The molecule has 0 bridgehead atoms. The number of benzene rings is 2. The molecule has 0 atom stereocenters. The van der Waals surface area contributed by atoms with Crippen molar-refractivity contribution in [3.8, 4) is 11.1 Å². The second-order valence-corrected chi connectivity index (χ2v) is 4.64. The number of hydrogen-bond donors (Lipinski definition) is 0. The van der Waals surface area contributed by atoms with Crippen molar-refractivity contribution >= 4 is 29.5 Å². The molecule has 0 aromatic heterocycles. The molecule has 0 N–H and O–H groups in total. The topological polar surface area (TPSA) is 17.1 Å². The van der Waals surface area contributed by atoms with Crippen LogP contribution in [-0.2, 0) is 0 Å². The molecule has 0 aliphatic heterocycles. The van der Waals surface area contributed by atoms with Crippen molar-refractivity contribution in [1.82, 2.24) is 0 Å². The summed E-state index contributed by atoms with van der Waals surface area (Å²) in [6, 6.07) is 11.1. The van der Waals surface area contributed by atoms with E-state index >= 15 is 0 Å². The molecule has 2 aromatic carbocycles. The lowest BCUT2D eigenvalue weighted by molar-refractivity contribution is 0.112. The molecule has 2 aromatic rings. The molecule has 0 saturated heterocycles. The summed E-state index contributed by atoms with van der Waals surface area (Å²) in [5, 5.41) is 1.07. The van der Waals surface area contributed by atoms with Crippen molar-refractivity contribution in [3.05, 3.63) is 57.6 Å². The zero-order chi connectivity index (χ0) is 12.4. The normalized spacial score (nSPS) is 10.3. The Morgan fingerprint density at radius 2 is 1.76 bits per heavy atom. The van der Waals surface area contributed by atoms with Gasteiger partial charge in [-0.2, -0.15) is 0 Å². The van der Waals surface area contributed by atoms with Gasteiger partial charge in [-0.3, -0.25) is 4.79 Å². The molecule has 17 heavy (non-hydrogen) atoms. The van der Waals surface area contributed by atoms with Crippen LogP contribution in [0.1, 0.15) is 15.9 Å². The number of aryl methyl sites for hydroxylation is 1.